The maximum atomic E-state index is 10.4. The molecule has 0 aliphatic rings. The molecule has 0 aliphatic heterocycles. The van der Waals surface area contributed by atoms with Gasteiger partial charge in [-0.25, -0.2) is 0 Å². The number of ether oxygens (including phenoxy) is 1. The van der Waals surface area contributed by atoms with Crippen molar-refractivity contribution in [3.05, 3.63) is 0 Å². The second-order valence-corrected chi connectivity index (χ2v) is 1.71. The molecule has 0 saturated carbocycles. The van der Waals surface area contributed by atoms with Crippen LogP contribution in [0.4, 0.5) is 0 Å². The molecule has 0 radical (unpaired) electrons. The predicted octanol–water partition coefficient (Wildman–Crippen LogP) is 0.668. The van der Waals surface area contributed by atoms with Gasteiger partial charge in [-0.3, -0.25) is 4.79 Å². The van der Waals surface area contributed by atoms with Gasteiger partial charge in [-0.1, -0.05) is 13.8 Å². The third-order valence-electron chi connectivity index (χ3n) is 0.905. The molecule has 0 aliphatic carbocycles. The van der Waals surface area contributed by atoms with Gasteiger partial charge in [0, 0.05) is 12.8 Å². The zero-order valence-corrected chi connectivity index (χ0v) is 5.76. The Balaban J connectivity index is 3.34. The van der Waals surface area contributed by atoms with E-state index in [9.17, 15) is 4.79 Å². The summed E-state index contributed by atoms with van der Waals surface area (Å²) < 4.78 is 4.47. The lowest BCUT2D eigenvalue weighted by Gasteiger charge is -2.07. The van der Waals surface area contributed by atoms with Crippen molar-refractivity contribution in [1.29, 1.82) is 0 Å². The van der Waals surface area contributed by atoms with Crippen LogP contribution in [0.1, 0.15) is 26.7 Å². The molecule has 3 nitrogen and oxygen atoms in total. The lowest BCUT2D eigenvalue weighted by Crippen LogP contribution is -2.15. The topological polar surface area (TPSA) is 46.5 Å². The molecule has 1 N–H and O–H groups in total. The first-order chi connectivity index (χ1) is 4.20. The standard InChI is InChI=1S/C6H12O3/c1-3-5(7)9-6(8)4-2/h5,7H,3-4H2,1-2H3. The first-order valence-corrected chi connectivity index (χ1v) is 3.08. The lowest BCUT2D eigenvalue weighted by molar-refractivity contribution is -0.167. The number of hydrogen-bond acceptors (Lipinski definition) is 3. The molecule has 0 amide bonds. The number of carbonyl (C=O) groups is 1. The summed E-state index contributed by atoms with van der Waals surface area (Å²) in [7, 11) is 0. The maximum absolute atomic E-state index is 10.4. The number of carbonyl (C=O) groups excluding carboxylic acids is 1. The van der Waals surface area contributed by atoms with E-state index in [1.54, 1.807) is 13.8 Å². The summed E-state index contributed by atoms with van der Waals surface area (Å²) in [4.78, 5) is 10.4. The van der Waals surface area contributed by atoms with Gasteiger partial charge in [0.05, 0.1) is 0 Å². The highest BCUT2D eigenvalue weighted by Gasteiger charge is 2.04. The van der Waals surface area contributed by atoms with Gasteiger partial charge < -0.3 is 9.84 Å². The molecule has 9 heavy (non-hydrogen) atoms. The number of aliphatic hydroxyl groups is 1. The molecule has 0 aromatic carbocycles. The monoisotopic (exact) mass is 132 g/mol. The molecule has 0 heterocycles. The zero-order chi connectivity index (χ0) is 7.28. The SMILES string of the molecule is CCC(=O)OC(O)CC. The molecule has 0 bridgehead atoms. The van der Waals surface area contributed by atoms with Crippen molar-refractivity contribution in [2.75, 3.05) is 0 Å². The fourth-order valence-electron chi connectivity index (χ4n) is 0.318. The van der Waals surface area contributed by atoms with Gasteiger partial charge in [0.15, 0.2) is 6.29 Å². The van der Waals surface area contributed by atoms with E-state index >= 15 is 0 Å². The van der Waals surface area contributed by atoms with E-state index in [0.29, 0.717) is 12.8 Å². The Morgan fingerprint density at radius 1 is 1.67 bits per heavy atom. The summed E-state index contributed by atoms with van der Waals surface area (Å²) >= 11 is 0. The molecular formula is C6H12O3. The van der Waals surface area contributed by atoms with E-state index in [-0.39, 0.29) is 5.97 Å². The lowest BCUT2D eigenvalue weighted by atomic mass is 10.4. The van der Waals surface area contributed by atoms with E-state index in [1.165, 1.54) is 0 Å². The molecule has 0 spiro atoms. The Hall–Kier alpha value is -0.570. The molecule has 0 saturated heterocycles. The van der Waals surface area contributed by atoms with Crippen LogP contribution in [0.25, 0.3) is 0 Å². The van der Waals surface area contributed by atoms with E-state index in [4.69, 9.17) is 5.11 Å². The van der Waals surface area contributed by atoms with Crippen molar-refractivity contribution in [3.8, 4) is 0 Å². The molecule has 1 atom stereocenters. The van der Waals surface area contributed by atoms with Crippen LogP contribution in [0.5, 0.6) is 0 Å². The van der Waals surface area contributed by atoms with Crippen molar-refractivity contribution in [3.63, 3.8) is 0 Å². The highest BCUT2D eigenvalue weighted by atomic mass is 16.6. The van der Waals surface area contributed by atoms with Crippen LogP contribution in [-0.4, -0.2) is 17.4 Å². The van der Waals surface area contributed by atoms with Crippen LogP contribution >= 0.6 is 0 Å². The van der Waals surface area contributed by atoms with Crippen LogP contribution < -0.4 is 0 Å². The third kappa shape index (κ3) is 3.97. The number of hydrogen-bond donors (Lipinski definition) is 1. The first kappa shape index (κ1) is 8.43. The van der Waals surface area contributed by atoms with Crippen LogP contribution in [0.15, 0.2) is 0 Å². The maximum Gasteiger partial charge on any atom is 0.307 e. The summed E-state index contributed by atoms with van der Waals surface area (Å²) in [5.41, 5.74) is 0. The van der Waals surface area contributed by atoms with Crippen LogP contribution in [-0.2, 0) is 9.53 Å². The van der Waals surface area contributed by atoms with Gasteiger partial charge >= 0.3 is 5.97 Å². The summed E-state index contributed by atoms with van der Waals surface area (Å²) in [6.45, 7) is 3.43. The minimum Gasteiger partial charge on any atom is -0.436 e. The van der Waals surface area contributed by atoms with Crippen molar-refractivity contribution in [2.24, 2.45) is 0 Å². The molecule has 1 unspecified atom stereocenters. The van der Waals surface area contributed by atoms with Crippen molar-refractivity contribution >= 4 is 5.97 Å². The summed E-state index contributed by atoms with van der Waals surface area (Å²) in [5, 5.41) is 8.72. The first-order valence-electron chi connectivity index (χ1n) is 3.08. The normalized spacial score (nSPS) is 12.8. The second-order valence-electron chi connectivity index (χ2n) is 1.71. The Kier molecular flexibility index (Phi) is 4.05. The van der Waals surface area contributed by atoms with Crippen molar-refractivity contribution < 1.29 is 14.6 Å². The molecule has 0 aromatic heterocycles. The Labute approximate surface area is 54.6 Å². The summed E-state index contributed by atoms with van der Waals surface area (Å²) in [6.07, 6.45) is -0.152. The van der Waals surface area contributed by atoms with E-state index < -0.39 is 6.29 Å². The molecule has 0 fully saturated rings. The smallest absolute Gasteiger partial charge is 0.307 e. The fraction of sp³-hybridized carbons (Fsp3) is 0.833. The number of aliphatic hydroxyl groups excluding tert-OH is 1. The highest BCUT2D eigenvalue weighted by molar-refractivity contribution is 5.68. The third-order valence-corrected chi connectivity index (χ3v) is 0.905. The average molecular weight is 132 g/mol. The second kappa shape index (κ2) is 4.32. The molecule has 0 rings (SSSR count). The van der Waals surface area contributed by atoms with E-state index in [2.05, 4.69) is 4.74 Å². The van der Waals surface area contributed by atoms with Crippen LogP contribution in [0, 0.1) is 0 Å². The van der Waals surface area contributed by atoms with Crippen LogP contribution in [0.2, 0.25) is 0 Å². The van der Waals surface area contributed by atoms with E-state index in [0.717, 1.165) is 0 Å². The van der Waals surface area contributed by atoms with Gasteiger partial charge in [0.2, 0.25) is 0 Å². The number of rotatable bonds is 3. The average Bonchev–Trinajstić information content (AvgIpc) is 1.87. The van der Waals surface area contributed by atoms with Gasteiger partial charge in [-0.2, -0.15) is 0 Å². The van der Waals surface area contributed by atoms with Crippen molar-refractivity contribution in [2.45, 2.75) is 33.0 Å². The molecule has 3 heteroatoms. The Morgan fingerprint density at radius 2 is 2.22 bits per heavy atom. The Bertz CT molecular complexity index is 90.3. The van der Waals surface area contributed by atoms with Crippen molar-refractivity contribution in [1.82, 2.24) is 0 Å². The molecular weight excluding hydrogens is 120 g/mol. The quantitative estimate of drug-likeness (QED) is 0.453. The van der Waals surface area contributed by atoms with E-state index in [1.807, 2.05) is 0 Å². The largest absolute Gasteiger partial charge is 0.436 e. The Morgan fingerprint density at radius 3 is 2.56 bits per heavy atom. The summed E-state index contributed by atoms with van der Waals surface area (Å²) in [5.74, 6) is -0.357. The van der Waals surface area contributed by atoms with Gasteiger partial charge in [0.25, 0.3) is 0 Å². The van der Waals surface area contributed by atoms with Crippen LogP contribution in [0.3, 0.4) is 0 Å². The highest BCUT2D eigenvalue weighted by Crippen LogP contribution is 1.94. The minimum atomic E-state index is -0.919. The predicted molar refractivity (Wildman–Crippen MR) is 32.7 cm³/mol. The van der Waals surface area contributed by atoms with Gasteiger partial charge in [-0.05, 0) is 0 Å². The van der Waals surface area contributed by atoms with Gasteiger partial charge in [-0.15, -0.1) is 0 Å². The number of esters is 1. The molecule has 0 aromatic rings. The zero-order valence-electron chi connectivity index (χ0n) is 5.76. The fourth-order valence-corrected chi connectivity index (χ4v) is 0.318. The minimum absolute atomic E-state index is 0.317. The van der Waals surface area contributed by atoms with Gasteiger partial charge in [0.1, 0.15) is 0 Å². The molecule has 54 valence electrons. The summed E-state index contributed by atoms with van der Waals surface area (Å²) in [6, 6.07) is 0.